The van der Waals surface area contributed by atoms with Gasteiger partial charge in [0.05, 0.1) is 7.11 Å². The fraction of sp³-hybridized carbons (Fsp3) is 0.250. The van der Waals surface area contributed by atoms with Crippen molar-refractivity contribution in [2.75, 3.05) is 7.11 Å². The number of rotatable bonds is 5. The number of ether oxygens (including phenoxy) is 2. The summed E-state index contributed by atoms with van der Waals surface area (Å²) in [6.07, 6.45) is 0. The van der Waals surface area contributed by atoms with Gasteiger partial charge in [-0.3, -0.25) is 0 Å². The Morgan fingerprint density at radius 2 is 1.71 bits per heavy atom. The van der Waals surface area contributed by atoms with Crippen LogP contribution < -0.4 is 15.2 Å². The standard InChI is InChI=1S/C16H17F2NO2/c1-10(19)12-3-4-15(16(7-12)20-2)21-9-11-5-13(17)8-14(18)6-11/h3-8,10H,9,19H2,1-2H3/t10-/m1/s1. The van der Waals surface area contributed by atoms with Crippen LogP contribution in [0, 0.1) is 11.6 Å². The van der Waals surface area contributed by atoms with E-state index >= 15 is 0 Å². The molecule has 0 aromatic heterocycles. The van der Waals surface area contributed by atoms with Crippen LogP contribution in [0.4, 0.5) is 8.78 Å². The first-order valence-corrected chi connectivity index (χ1v) is 6.51. The number of hydrogen-bond donors (Lipinski definition) is 1. The normalized spacial score (nSPS) is 12.0. The summed E-state index contributed by atoms with van der Waals surface area (Å²) < 4.78 is 37.0. The Labute approximate surface area is 122 Å². The van der Waals surface area contributed by atoms with Gasteiger partial charge in [0.25, 0.3) is 0 Å². The molecule has 0 saturated heterocycles. The number of methoxy groups -OCH3 is 1. The predicted octanol–water partition coefficient (Wildman–Crippen LogP) is 3.57. The molecule has 0 bridgehead atoms. The van der Waals surface area contributed by atoms with Crippen LogP contribution in [0.15, 0.2) is 36.4 Å². The van der Waals surface area contributed by atoms with Crippen LogP contribution in [0.1, 0.15) is 24.1 Å². The van der Waals surface area contributed by atoms with E-state index in [1.807, 2.05) is 13.0 Å². The molecule has 0 aliphatic carbocycles. The van der Waals surface area contributed by atoms with Crippen molar-refractivity contribution < 1.29 is 18.3 Å². The van der Waals surface area contributed by atoms with Crippen LogP contribution in [-0.2, 0) is 6.61 Å². The molecule has 2 N–H and O–H groups in total. The number of nitrogens with two attached hydrogens (primary N) is 1. The lowest BCUT2D eigenvalue weighted by Crippen LogP contribution is -2.06. The molecule has 2 aromatic rings. The van der Waals surface area contributed by atoms with E-state index in [0.29, 0.717) is 17.1 Å². The number of benzene rings is 2. The summed E-state index contributed by atoms with van der Waals surface area (Å²) in [4.78, 5) is 0. The van der Waals surface area contributed by atoms with Crippen molar-refractivity contribution in [2.45, 2.75) is 19.6 Å². The summed E-state index contributed by atoms with van der Waals surface area (Å²) in [5.41, 5.74) is 7.13. The molecule has 0 amide bonds. The molecule has 0 aliphatic rings. The van der Waals surface area contributed by atoms with Crippen molar-refractivity contribution in [3.63, 3.8) is 0 Å². The Kier molecular flexibility index (Phi) is 4.75. The highest BCUT2D eigenvalue weighted by Gasteiger charge is 2.09. The Morgan fingerprint density at radius 3 is 2.29 bits per heavy atom. The SMILES string of the molecule is COc1cc([C@@H](C)N)ccc1OCc1cc(F)cc(F)c1. The quantitative estimate of drug-likeness (QED) is 0.916. The number of halogens is 2. The highest BCUT2D eigenvalue weighted by Crippen LogP contribution is 2.30. The third-order valence-electron chi connectivity index (χ3n) is 3.03. The highest BCUT2D eigenvalue weighted by atomic mass is 19.1. The molecule has 3 nitrogen and oxygen atoms in total. The lowest BCUT2D eigenvalue weighted by atomic mass is 10.1. The second-order valence-electron chi connectivity index (χ2n) is 4.77. The Bertz CT molecular complexity index is 609. The van der Waals surface area contributed by atoms with Gasteiger partial charge in [0.15, 0.2) is 11.5 Å². The Hall–Kier alpha value is -2.14. The average molecular weight is 293 g/mol. The molecule has 0 heterocycles. The summed E-state index contributed by atoms with van der Waals surface area (Å²) in [7, 11) is 1.52. The van der Waals surface area contributed by atoms with E-state index in [-0.39, 0.29) is 12.6 Å². The van der Waals surface area contributed by atoms with E-state index in [2.05, 4.69) is 0 Å². The van der Waals surface area contributed by atoms with E-state index in [9.17, 15) is 8.78 Å². The van der Waals surface area contributed by atoms with Crippen LogP contribution in [0.25, 0.3) is 0 Å². The zero-order valence-electron chi connectivity index (χ0n) is 11.9. The molecule has 1 atom stereocenters. The maximum absolute atomic E-state index is 13.1. The van der Waals surface area contributed by atoms with Gasteiger partial charge in [0, 0.05) is 12.1 Å². The minimum Gasteiger partial charge on any atom is -0.493 e. The molecule has 0 fully saturated rings. The van der Waals surface area contributed by atoms with Gasteiger partial charge in [0.2, 0.25) is 0 Å². The first kappa shape index (κ1) is 15.3. The fourth-order valence-electron chi connectivity index (χ4n) is 1.94. The minimum absolute atomic E-state index is 0.0442. The van der Waals surface area contributed by atoms with Gasteiger partial charge in [0.1, 0.15) is 18.2 Å². The lowest BCUT2D eigenvalue weighted by Gasteiger charge is -2.13. The third-order valence-corrected chi connectivity index (χ3v) is 3.03. The first-order chi connectivity index (χ1) is 9.99. The second kappa shape index (κ2) is 6.54. The van der Waals surface area contributed by atoms with Crippen molar-refractivity contribution in [3.8, 4) is 11.5 Å². The van der Waals surface area contributed by atoms with Gasteiger partial charge < -0.3 is 15.2 Å². The molecule has 21 heavy (non-hydrogen) atoms. The summed E-state index contributed by atoms with van der Waals surface area (Å²) in [6.45, 7) is 1.91. The van der Waals surface area contributed by atoms with E-state index in [1.54, 1.807) is 12.1 Å². The van der Waals surface area contributed by atoms with Gasteiger partial charge in [-0.2, -0.15) is 0 Å². The van der Waals surface area contributed by atoms with E-state index in [1.165, 1.54) is 19.2 Å². The summed E-state index contributed by atoms with van der Waals surface area (Å²) in [5, 5.41) is 0. The fourth-order valence-corrected chi connectivity index (χ4v) is 1.94. The van der Waals surface area contributed by atoms with Gasteiger partial charge in [-0.05, 0) is 42.3 Å². The minimum atomic E-state index is -0.632. The topological polar surface area (TPSA) is 44.5 Å². The Morgan fingerprint density at radius 1 is 1.05 bits per heavy atom. The monoisotopic (exact) mass is 293 g/mol. The lowest BCUT2D eigenvalue weighted by molar-refractivity contribution is 0.283. The third kappa shape index (κ3) is 3.92. The van der Waals surface area contributed by atoms with Gasteiger partial charge in [-0.1, -0.05) is 6.07 Å². The second-order valence-corrected chi connectivity index (χ2v) is 4.77. The zero-order chi connectivity index (χ0) is 15.4. The molecule has 112 valence electrons. The van der Waals surface area contributed by atoms with E-state index < -0.39 is 11.6 Å². The smallest absolute Gasteiger partial charge is 0.161 e. The van der Waals surface area contributed by atoms with Crippen LogP contribution in [0.3, 0.4) is 0 Å². The molecule has 0 saturated carbocycles. The van der Waals surface area contributed by atoms with Crippen LogP contribution in [0.2, 0.25) is 0 Å². The summed E-state index contributed by atoms with van der Waals surface area (Å²) >= 11 is 0. The van der Waals surface area contributed by atoms with Crippen molar-refractivity contribution in [1.29, 1.82) is 0 Å². The largest absolute Gasteiger partial charge is 0.493 e. The van der Waals surface area contributed by atoms with Crippen LogP contribution in [-0.4, -0.2) is 7.11 Å². The van der Waals surface area contributed by atoms with E-state index in [0.717, 1.165) is 11.6 Å². The summed E-state index contributed by atoms with van der Waals surface area (Å²) in [5.74, 6) is -0.242. The maximum atomic E-state index is 13.1. The highest BCUT2D eigenvalue weighted by molar-refractivity contribution is 5.43. The Balaban J connectivity index is 2.15. The average Bonchev–Trinajstić information content (AvgIpc) is 2.43. The molecule has 0 spiro atoms. The summed E-state index contributed by atoms with van der Waals surface area (Å²) in [6, 6.07) is 8.50. The first-order valence-electron chi connectivity index (χ1n) is 6.51. The van der Waals surface area contributed by atoms with Gasteiger partial charge in [-0.15, -0.1) is 0 Å². The molecule has 5 heteroatoms. The van der Waals surface area contributed by atoms with Gasteiger partial charge >= 0.3 is 0 Å². The maximum Gasteiger partial charge on any atom is 0.161 e. The van der Waals surface area contributed by atoms with Crippen LogP contribution >= 0.6 is 0 Å². The van der Waals surface area contributed by atoms with Crippen LogP contribution in [0.5, 0.6) is 11.5 Å². The van der Waals surface area contributed by atoms with Crippen molar-refractivity contribution in [1.82, 2.24) is 0 Å². The molecular weight excluding hydrogens is 276 g/mol. The van der Waals surface area contributed by atoms with Crippen molar-refractivity contribution in [2.24, 2.45) is 5.73 Å². The van der Waals surface area contributed by atoms with Gasteiger partial charge in [-0.25, -0.2) is 8.78 Å². The molecule has 2 aromatic carbocycles. The number of hydrogen-bond acceptors (Lipinski definition) is 3. The van der Waals surface area contributed by atoms with Crippen molar-refractivity contribution in [3.05, 3.63) is 59.2 Å². The van der Waals surface area contributed by atoms with Crippen molar-refractivity contribution >= 4 is 0 Å². The molecule has 0 unspecified atom stereocenters. The molecule has 2 rings (SSSR count). The predicted molar refractivity (Wildman–Crippen MR) is 76.3 cm³/mol. The molecular formula is C16H17F2NO2. The zero-order valence-corrected chi connectivity index (χ0v) is 11.9. The van der Waals surface area contributed by atoms with E-state index in [4.69, 9.17) is 15.2 Å². The molecule has 0 radical (unpaired) electrons. The molecule has 0 aliphatic heterocycles.